The molecule has 0 spiro atoms. The van der Waals surface area contributed by atoms with Gasteiger partial charge in [-0.3, -0.25) is 9.59 Å². The Kier molecular flexibility index (Phi) is 10.2. The number of benzene rings is 2. The zero-order chi connectivity index (χ0) is 31.8. The Morgan fingerprint density at radius 3 is 2.10 bits per heavy atom. The van der Waals surface area contributed by atoms with Crippen molar-refractivity contribution in [2.75, 3.05) is 13.1 Å². The standard InChI is InChI=1S/C26H18Cl3F10NO2/c27-18-7-14(8-19(28)22(18)29)16(25(34,35)36)10-20(30)12-3-4-15(17(6-12)26(37,38)39)21(41)9-13-2-1-5-40(23(13)42)11-24(31,32)33/h3-4,6-8,10,13,16H,1-2,5,9,11H2/b20-10-. The highest BCUT2D eigenvalue weighted by atomic mass is 35.5. The van der Waals surface area contributed by atoms with Gasteiger partial charge in [0, 0.05) is 30.0 Å². The van der Waals surface area contributed by atoms with Gasteiger partial charge in [-0.1, -0.05) is 46.9 Å². The van der Waals surface area contributed by atoms with Crippen molar-refractivity contribution < 1.29 is 53.5 Å². The fraction of sp³-hybridized carbons (Fsp3) is 0.385. The Hall–Kier alpha value is -2.51. The number of Topliss-reactive ketones (excluding diaryl/α,β-unsaturated/α-hetero) is 1. The molecule has 1 heterocycles. The van der Waals surface area contributed by atoms with Crippen LogP contribution >= 0.6 is 34.8 Å². The first-order valence-corrected chi connectivity index (χ1v) is 13.0. The van der Waals surface area contributed by atoms with Gasteiger partial charge in [-0.2, -0.15) is 39.5 Å². The maximum absolute atomic E-state index is 15.1. The second-order valence-electron chi connectivity index (χ2n) is 9.43. The molecule has 1 fully saturated rings. The van der Waals surface area contributed by atoms with E-state index in [9.17, 15) is 49.1 Å². The van der Waals surface area contributed by atoms with Crippen molar-refractivity contribution in [1.29, 1.82) is 0 Å². The lowest BCUT2D eigenvalue weighted by Crippen LogP contribution is -2.46. The molecule has 16 heteroatoms. The van der Waals surface area contributed by atoms with Crippen molar-refractivity contribution in [2.45, 2.75) is 43.7 Å². The highest BCUT2D eigenvalue weighted by molar-refractivity contribution is 6.48. The molecule has 1 aliphatic rings. The molecule has 42 heavy (non-hydrogen) atoms. The minimum Gasteiger partial charge on any atom is -0.333 e. The van der Waals surface area contributed by atoms with E-state index in [-0.39, 0.29) is 46.6 Å². The maximum Gasteiger partial charge on any atom is 0.417 e. The van der Waals surface area contributed by atoms with Gasteiger partial charge in [0.1, 0.15) is 18.3 Å². The number of ketones is 1. The first-order chi connectivity index (χ1) is 19.2. The Bertz CT molecular complexity index is 1360. The minimum absolute atomic E-state index is 0.00279. The summed E-state index contributed by atoms with van der Waals surface area (Å²) in [6, 6.07) is 2.84. The van der Waals surface area contributed by atoms with Gasteiger partial charge in [-0.05, 0) is 42.7 Å². The molecule has 0 aliphatic carbocycles. The number of halogens is 13. The van der Waals surface area contributed by atoms with Crippen molar-refractivity contribution in [1.82, 2.24) is 4.90 Å². The summed E-state index contributed by atoms with van der Waals surface area (Å²) >= 11 is 17.3. The zero-order valence-corrected chi connectivity index (χ0v) is 23.1. The predicted octanol–water partition coefficient (Wildman–Crippen LogP) is 9.70. The quantitative estimate of drug-likeness (QED) is 0.167. The molecule has 3 rings (SSSR count). The van der Waals surface area contributed by atoms with E-state index in [1.54, 1.807) is 0 Å². The van der Waals surface area contributed by atoms with E-state index in [0.29, 0.717) is 17.0 Å². The highest BCUT2D eigenvalue weighted by Gasteiger charge is 2.42. The Morgan fingerprint density at radius 1 is 0.976 bits per heavy atom. The number of hydrogen-bond acceptors (Lipinski definition) is 2. The number of nitrogens with zero attached hydrogens (tertiary/aromatic N) is 1. The van der Waals surface area contributed by atoms with Gasteiger partial charge < -0.3 is 4.90 Å². The number of hydrogen-bond donors (Lipinski definition) is 0. The van der Waals surface area contributed by atoms with Gasteiger partial charge in [-0.25, -0.2) is 4.39 Å². The lowest BCUT2D eigenvalue weighted by molar-refractivity contribution is -0.166. The van der Waals surface area contributed by atoms with E-state index in [0.717, 1.165) is 12.1 Å². The molecule has 0 N–H and O–H groups in total. The third-order valence-corrected chi connectivity index (χ3v) is 7.57. The normalized spacial score (nSPS) is 17.9. The van der Waals surface area contributed by atoms with E-state index in [1.807, 2.05) is 0 Å². The summed E-state index contributed by atoms with van der Waals surface area (Å²) in [7, 11) is 0. The third kappa shape index (κ3) is 8.31. The fourth-order valence-electron chi connectivity index (χ4n) is 4.46. The molecule has 2 aromatic carbocycles. The van der Waals surface area contributed by atoms with Crippen molar-refractivity contribution in [2.24, 2.45) is 5.92 Å². The van der Waals surface area contributed by atoms with Crippen LogP contribution in [-0.2, 0) is 11.0 Å². The number of piperidine rings is 1. The van der Waals surface area contributed by atoms with Crippen molar-refractivity contribution in [3.8, 4) is 0 Å². The Balaban J connectivity index is 1.96. The van der Waals surface area contributed by atoms with Crippen molar-refractivity contribution in [3.63, 3.8) is 0 Å². The lowest BCUT2D eigenvalue weighted by Gasteiger charge is -2.32. The van der Waals surface area contributed by atoms with E-state index in [4.69, 9.17) is 34.8 Å². The van der Waals surface area contributed by atoms with E-state index >= 15 is 4.39 Å². The van der Waals surface area contributed by atoms with Crippen LogP contribution in [0.25, 0.3) is 5.83 Å². The molecule has 0 bridgehead atoms. The highest BCUT2D eigenvalue weighted by Crippen LogP contribution is 2.43. The number of carbonyl (C=O) groups excluding carboxylic acids is 2. The summed E-state index contributed by atoms with van der Waals surface area (Å²) in [6.07, 6.45) is -16.0. The number of amides is 1. The molecular formula is C26H18Cl3F10NO2. The SMILES string of the molecule is O=C(CC1CCCN(CC(F)(F)F)C1=O)c1ccc(/C(F)=C/C(c2cc(Cl)c(Cl)c(Cl)c2)C(F)(F)F)cc1C(F)(F)F. The van der Waals surface area contributed by atoms with Crippen LogP contribution in [0.4, 0.5) is 43.9 Å². The molecule has 1 amide bonds. The molecule has 0 aromatic heterocycles. The number of alkyl halides is 9. The van der Waals surface area contributed by atoms with Crippen molar-refractivity contribution >= 4 is 52.3 Å². The van der Waals surface area contributed by atoms with Crippen molar-refractivity contribution in [3.05, 3.63) is 73.7 Å². The van der Waals surface area contributed by atoms with E-state index in [1.165, 1.54) is 0 Å². The van der Waals surface area contributed by atoms with Gasteiger partial charge in [-0.15, -0.1) is 0 Å². The molecule has 2 atom stereocenters. The van der Waals surface area contributed by atoms with Crippen LogP contribution in [-0.4, -0.2) is 42.0 Å². The molecule has 0 radical (unpaired) electrons. The molecule has 1 aliphatic heterocycles. The second kappa shape index (κ2) is 12.6. The summed E-state index contributed by atoms with van der Waals surface area (Å²) in [5.41, 5.74) is -4.34. The second-order valence-corrected chi connectivity index (χ2v) is 10.6. The fourth-order valence-corrected chi connectivity index (χ4v) is 5.08. The smallest absolute Gasteiger partial charge is 0.333 e. The minimum atomic E-state index is -5.29. The summed E-state index contributed by atoms with van der Waals surface area (Å²) < 4.78 is 136. The van der Waals surface area contributed by atoms with E-state index in [2.05, 4.69) is 0 Å². The van der Waals surface area contributed by atoms with Crippen LogP contribution in [0.5, 0.6) is 0 Å². The molecule has 2 aromatic rings. The van der Waals surface area contributed by atoms with Crippen LogP contribution in [0.1, 0.15) is 52.2 Å². The van der Waals surface area contributed by atoms with Crippen LogP contribution in [0.15, 0.2) is 36.4 Å². The average molecular weight is 673 g/mol. The molecule has 1 saturated heterocycles. The number of carbonyl (C=O) groups is 2. The Morgan fingerprint density at radius 2 is 1.57 bits per heavy atom. The molecule has 230 valence electrons. The predicted molar refractivity (Wildman–Crippen MR) is 135 cm³/mol. The van der Waals surface area contributed by atoms with Gasteiger partial charge in [0.15, 0.2) is 5.78 Å². The topological polar surface area (TPSA) is 37.4 Å². The van der Waals surface area contributed by atoms with E-state index < -0.39 is 83.1 Å². The van der Waals surface area contributed by atoms with Crippen LogP contribution < -0.4 is 0 Å². The van der Waals surface area contributed by atoms with Gasteiger partial charge in [0.25, 0.3) is 0 Å². The molecule has 2 unspecified atom stereocenters. The maximum atomic E-state index is 15.1. The van der Waals surface area contributed by atoms with Crippen LogP contribution in [0.3, 0.4) is 0 Å². The number of allylic oxidation sites excluding steroid dienone is 1. The Labute approximate surface area is 247 Å². The first kappa shape index (κ1) is 34.0. The monoisotopic (exact) mass is 671 g/mol. The molecule has 3 nitrogen and oxygen atoms in total. The summed E-state index contributed by atoms with van der Waals surface area (Å²) in [4.78, 5) is 25.7. The summed E-state index contributed by atoms with van der Waals surface area (Å²) in [5, 5.41) is -1.05. The van der Waals surface area contributed by atoms with Gasteiger partial charge >= 0.3 is 18.5 Å². The lowest BCUT2D eigenvalue weighted by atomic mass is 9.88. The summed E-state index contributed by atoms with van der Waals surface area (Å²) in [6.45, 7) is -1.83. The summed E-state index contributed by atoms with van der Waals surface area (Å²) in [5.74, 6) is -8.07. The van der Waals surface area contributed by atoms with Crippen LogP contribution in [0, 0.1) is 5.92 Å². The number of rotatable bonds is 7. The largest absolute Gasteiger partial charge is 0.417 e. The average Bonchev–Trinajstić information content (AvgIpc) is 2.85. The number of likely N-dealkylation sites (tertiary alicyclic amines) is 1. The van der Waals surface area contributed by atoms with Crippen LogP contribution in [0.2, 0.25) is 15.1 Å². The van der Waals surface area contributed by atoms with Gasteiger partial charge in [0.05, 0.1) is 20.6 Å². The van der Waals surface area contributed by atoms with Gasteiger partial charge in [0.2, 0.25) is 5.91 Å². The molecule has 0 saturated carbocycles. The molecular weight excluding hydrogens is 655 g/mol. The first-order valence-electron chi connectivity index (χ1n) is 11.9. The third-order valence-electron chi connectivity index (χ3n) is 6.38. The zero-order valence-electron chi connectivity index (χ0n) is 20.8.